The second-order valence-corrected chi connectivity index (χ2v) is 2.23. The third kappa shape index (κ3) is 2.98. The molecule has 0 radical (unpaired) electrons. The number of aromatic nitrogens is 2. The van der Waals surface area contributed by atoms with Crippen LogP contribution in [0.3, 0.4) is 0 Å². The first-order chi connectivity index (χ1) is 5.20. The van der Waals surface area contributed by atoms with Crippen molar-refractivity contribution in [3.8, 4) is 0 Å². The van der Waals surface area contributed by atoms with Gasteiger partial charge in [0.15, 0.2) is 0 Å². The van der Waals surface area contributed by atoms with E-state index in [1.807, 2.05) is 0 Å². The summed E-state index contributed by atoms with van der Waals surface area (Å²) in [7, 11) is 0. The fraction of sp³-hybridized carbons (Fsp3) is 0.333. The Hall–Kier alpha value is -0.930. The van der Waals surface area contributed by atoms with E-state index < -0.39 is 12.0 Å². The third-order valence-electron chi connectivity index (χ3n) is 1.31. The molecule has 68 valence electrons. The molecule has 0 aliphatic rings. The third-order valence-corrected chi connectivity index (χ3v) is 1.31. The summed E-state index contributed by atoms with van der Waals surface area (Å²) < 4.78 is 0. The number of hydrogen-bond acceptors (Lipinski definition) is 3. The SMILES string of the molecule is NC(Cc1cnc[nH]1)C(=O)O.P. The molecule has 2 unspecified atom stereocenters. The second kappa shape index (κ2) is 4.85. The summed E-state index contributed by atoms with van der Waals surface area (Å²) in [5, 5.41) is 8.42. The van der Waals surface area contributed by atoms with E-state index in [2.05, 4.69) is 9.97 Å². The minimum atomic E-state index is -1.00. The highest BCUT2D eigenvalue weighted by atomic mass is 31.0. The molecule has 0 aliphatic heterocycles. The van der Waals surface area contributed by atoms with Gasteiger partial charge in [-0.25, -0.2) is 4.98 Å². The lowest BCUT2D eigenvalue weighted by Crippen LogP contribution is -2.32. The van der Waals surface area contributed by atoms with Crippen LogP contribution in [0.4, 0.5) is 0 Å². The molecule has 1 aromatic rings. The number of aromatic amines is 1. The van der Waals surface area contributed by atoms with Gasteiger partial charge >= 0.3 is 5.97 Å². The summed E-state index contributed by atoms with van der Waals surface area (Å²) in [6.07, 6.45) is 3.34. The lowest BCUT2D eigenvalue weighted by Gasteiger charge is -2.02. The molecule has 1 rings (SSSR count). The number of aliphatic carboxylic acids is 1. The van der Waals surface area contributed by atoms with Crippen LogP contribution < -0.4 is 5.73 Å². The van der Waals surface area contributed by atoms with Crippen molar-refractivity contribution < 1.29 is 9.90 Å². The second-order valence-electron chi connectivity index (χ2n) is 2.23. The number of rotatable bonds is 3. The van der Waals surface area contributed by atoms with Crippen LogP contribution in [-0.4, -0.2) is 27.1 Å². The predicted molar refractivity (Wildman–Crippen MR) is 49.0 cm³/mol. The zero-order valence-electron chi connectivity index (χ0n) is 6.53. The predicted octanol–water partition coefficient (Wildman–Crippen LogP) is -0.578. The van der Waals surface area contributed by atoms with Crippen LogP contribution in [0.5, 0.6) is 0 Å². The number of carboxylic acid groups (broad SMARTS) is 1. The van der Waals surface area contributed by atoms with Crippen molar-refractivity contribution in [1.82, 2.24) is 9.97 Å². The zero-order valence-corrected chi connectivity index (χ0v) is 7.94. The van der Waals surface area contributed by atoms with E-state index in [-0.39, 0.29) is 16.3 Å². The van der Waals surface area contributed by atoms with Gasteiger partial charge in [0.05, 0.1) is 6.33 Å². The Morgan fingerprint density at radius 2 is 2.50 bits per heavy atom. The highest BCUT2D eigenvalue weighted by Gasteiger charge is 2.11. The Balaban J connectivity index is 0.00000121. The van der Waals surface area contributed by atoms with E-state index in [4.69, 9.17) is 10.8 Å². The summed E-state index contributed by atoms with van der Waals surface area (Å²) in [5.41, 5.74) is 6.00. The molecule has 0 aromatic carbocycles. The molecule has 0 saturated carbocycles. The van der Waals surface area contributed by atoms with Gasteiger partial charge in [-0.15, -0.1) is 0 Å². The maximum absolute atomic E-state index is 10.3. The Labute approximate surface area is 73.0 Å². The van der Waals surface area contributed by atoms with Gasteiger partial charge in [-0.05, 0) is 0 Å². The molecular formula is C6H12N3O2P. The normalized spacial score (nSPS) is 11.8. The lowest BCUT2D eigenvalue weighted by molar-refractivity contribution is -0.138. The van der Waals surface area contributed by atoms with Crippen LogP contribution in [0.25, 0.3) is 0 Å². The van der Waals surface area contributed by atoms with E-state index >= 15 is 0 Å². The van der Waals surface area contributed by atoms with Crippen LogP contribution in [0.2, 0.25) is 0 Å². The number of nitrogens with zero attached hydrogens (tertiary/aromatic N) is 1. The van der Waals surface area contributed by atoms with Crippen LogP contribution in [-0.2, 0) is 11.2 Å². The van der Waals surface area contributed by atoms with Gasteiger partial charge in [0.25, 0.3) is 0 Å². The van der Waals surface area contributed by atoms with E-state index in [1.165, 1.54) is 6.33 Å². The summed E-state index contributed by atoms with van der Waals surface area (Å²) in [4.78, 5) is 16.8. The van der Waals surface area contributed by atoms with Crippen LogP contribution >= 0.6 is 9.90 Å². The smallest absolute Gasteiger partial charge is 0.320 e. The van der Waals surface area contributed by atoms with Crippen molar-refractivity contribution in [3.63, 3.8) is 0 Å². The fourth-order valence-corrected chi connectivity index (χ4v) is 0.721. The molecule has 0 aliphatic carbocycles. The first-order valence-electron chi connectivity index (χ1n) is 3.16. The molecule has 0 bridgehead atoms. The topological polar surface area (TPSA) is 92.0 Å². The maximum Gasteiger partial charge on any atom is 0.320 e. The fourth-order valence-electron chi connectivity index (χ4n) is 0.721. The van der Waals surface area contributed by atoms with Crippen LogP contribution in [0.1, 0.15) is 5.69 Å². The van der Waals surface area contributed by atoms with E-state index in [0.717, 1.165) is 5.69 Å². The number of hydrogen-bond donors (Lipinski definition) is 3. The Kier molecular flexibility index (Phi) is 4.47. The summed E-state index contributed by atoms with van der Waals surface area (Å²) in [6, 6.07) is -0.851. The van der Waals surface area contributed by atoms with Gasteiger partial charge in [-0.2, -0.15) is 9.90 Å². The van der Waals surface area contributed by atoms with Crippen molar-refractivity contribution in [3.05, 3.63) is 18.2 Å². The Morgan fingerprint density at radius 3 is 2.92 bits per heavy atom. The Morgan fingerprint density at radius 1 is 1.83 bits per heavy atom. The number of carbonyl (C=O) groups is 1. The first kappa shape index (κ1) is 11.1. The summed E-state index contributed by atoms with van der Waals surface area (Å²) >= 11 is 0. The molecule has 0 saturated heterocycles. The van der Waals surface area contributed by atoms with E-state index in [0.29, 0.717) is 0 Å². The molecule has 6 heteroatoms. The van der Waals surface area contributed by atoms with Crippen molar-refractivity contribution in [1.29, 1.82) is 0 Å². The molecule has 1 heterocycles. The van der Waals surface area contributed by atoms with Crippen LogP contribution in [0, 0.1) is 0 Å². The van der Waals surface area contributed by atoms with Gasteiger partial charge in [-0.3, -0.25) is 4.79 Å². The average molecular weight is 189 g/mol. The highest BCUT2D eigenvalue weighted by molar-refractivity contribution is 6.92. The largest absolute Gasteiger partial charge is 0.480 e. The highest BCUT2D eigenvalue weighted by Crippen LogP contribution is 1.95. The van der Waals surface area contributed by atoms with Crippen molar-refractivity contribution >= 4 is 15.9 Å². The monoisotopic (exact) mass is 189 g/mol. The van der Waals surface area contributed by atoms with Crippen molar-refractivity contribution in [2.45, 2.75) is 12.5 Å². The quantitative estimate of drug-likeness (QED) is 0.555. The molecule has 1 aromatic heterocycles. The molecule has 2 atom stereocenters. The molecule has 5 nitrogen and oxygen atoms in total. The van der Waals surface area contributed by atoms with Gasteiger partial charge in [0.1, 0.15) is 6.04 Å². The van der Waals surface area contributed by atoms with Gasteiger partial charge in [0.2, 0.25) is 0 Å². The van der Waals surface area contributed by atoms with Gasteiger partial charge < -0.3 is 15.8 Å². The minimum Gasteiger partial charge on any atom is -0.480 e. The van der Waals surface area contributed by atoms with Gasteiger partial charge in [-0.1, -0.05) is 0 Å². The molecule has 12 heavy (non-hydrogen) atoms. The first-order valence-corrected chi connectivity index (χ1v) is 3.16. The molecule has 0 amide bonds. The number of imidazole rings is 1. The summed E-state index contributed by atoms with van der Waals surface area (Å²) in [5.74, 6) is -1.00. The zero-order chi connectivity index (χ0) is 8.27. The number of carboxylic acids is 1. The number of H-pyrrole nitrogens is 1. The molecular weight excluding hydrogens is 177 g/mol. The van der Waals surface area contributed by atoms with Crippen molar-refractivity contribution in [2.75, 3.05) is 0 Å². The van der Waals surface area contributed by atoms with Crippen LogP contribution in [0.15, 0.2) is 12.5 Å². The van der Waals surface area contributed by atoms with Crippen molar-refractivity contribution in [2.24, 2.45) is 5.73 Å². The Bertz CT molecular complexity index is 237. The minimum absolute atomic E-state index is 0. The standard InChI is InChI=1S/C6H9N3O2.H3P/c7-5(6(10)11)1-4-2-8-3-9-4;/h2-3,5H,1,7H2,(H,8,9)(H,10,11);1H3. The number of nitrogens with two attached hydrogens (primary N) is 1. The molecule has 4 N–H and O–H groups in total. The van der Waals surface area contributed by atoms with E-state index in [1.54, 1.807) is 6.20 Å². The van der Waals surface area contributed by atoms with Gasteiger partial charge in [0, 0.05) is 18.3 Å². The lowest BCUT2D eigenvalue weighted by atomic mass is 10.2. The summed E-state index contributed by atoms with van der Waals surface area (Å²) in [6.45, 7) is 0. The molecule has 0 fully saturated rings. The molecule has 0 spiro atoms. The maximum atomic E-state index is 10.3. The van der Waals surface area contributed by atoms with E-state index in [9.17, 15) is 4.79 Å². The average Bonchev–Trinajstić information content (AvgIpc) is 2.39. The number of nitrogens with one attached hydrogen (secondary N) is 1.